The smallest absolute Gasteiger partial charge is 0.255 e. The lowest BCUT2D eigenvalue weighted by atomic mass is 10.1. The van der Waals surface area contributed by atoms with Gasteiger partial charge in [0.05, 0.1) is 11.9 Å². The second kappa shape index (κ2) is 5.40. The van der Waals surface area contributed by atoms with Gasteiger partial charge in [-0.05, 0) is 65.2 Å². The predicted octanol–water partition coefficient (Wildman–Crippen LogP) is 3.42. The van der Waals surface area contributed by atoms with Crippen molar-refractivity contribution in [2.75, 3.05) is 5.32 Å². The zero-order chi connectivity index (χ0) is 14.0. The molecular weight excluding hydrogens is 308 g/mol. The molecule has 5 heteroatoms. The number of carbonyl (C=O) groups excluding carboxylic acids is 1. The third-order valence-corrected chi connectivity index (χ3v) is 3.56. The second-order valence-electron chi connectivity index (χ2n) is 4.29. The Morgan fingerprint density at radius 3 is 2.63 bits per heavy atom. The summed E-state index contributed by atoms with van der Waals surface area (Å²) in [7, 11) is 0. The van der Waals surface area contributed by atoms with Crippen molar-refractivity contribution in [3.63, 3.8) is 0 Å². The van der Waals surface area contributed by atoms with Crippen LogP contribution in [0.3, 0.4) is 0 Å². The fourth-order valence-corrected chi connectivity index (χ4v) is 1.84. The molecule has 4 nitrogen and oxygen atoms in total. The van der Waals surface area contributed by atoms with Crippen LogP contribution in [0.1, 0.15) is 21.5 Å². The molecule has 2 aromatic rings. The first-order valence-corrected chi connectivity index (χ1v) is 6.50. The molecule has 0 atom stereocenters. The zero-order valence-corrected chi connectivity index (χ0v) is 12.2. The van der Waals surface area contributed by atoms with E-state index in [1.54, 1.807) is 25.3 Å². The number of hydrogen-bond donors (Lipinski definition) is 2. The molecule has 0 unspecified atom stereocenters. The molecule has 19 heavy (non-hydrogen) atoms. The summed E-state index contributed by atoms with van der Waals surface area (Å²) in [5.41, 5.74) is 2.74. The molecule has 0 aliphatic heterocycles. The Hall–Kier alpha value is -1.88. The van der Waals surface area contributed by atoms with Crippen molar-refractivity contribution in [1.29, 1.82) is 0 Å². The largest absolute Gasteiger partial charge is 0.508 e. The van der Waals surface area contributed by atoms with Gasteiger partial charge in [-0.15, -0.1) is 0 Å². The number of nitrogens with one attached hydrogen (secondary N) is 1. The van der Waals surface area contributed by atoms with E-state index in [0.29, 0.717) is 16.8 Å². The van der Waals surface area contributed by atoms with Crippen molar-refractivity contribution in [2.24, 2.45) is 0 Å². The van der Waals surface area contributed by atoms with Crippen LogP contribution in [0.25, 0.3) is 0 Å². The molecule has 2 N–H and O–H groups in total. The molecule has 1 heterocycles. The van der Waals surface area contributed by atoms with E-state index in [1.165, 1.54) is 6.07 Å². The Kier molecular flexibility index (Phi) is 3.85. The average molecular weight is 321 g/mol. The van der Waals surface area contributed by atoms with Crippen LogP contribution in [0.5, 0.6) is 5.75 Å². The minimum absolute atomic E-state index is 0.178. The van der Waals surface area contributed by atoms with E-state index in [9.17, 15) is 9.90 Å². The van der Waals surface area contributed by atoms with Gasteiger partial charge >= 0.3 is 0 Å². The highest BCUT2D eigenvalue weighted by Gasteiger charge is 2.08. The molecule has 0 bridgehead atoms. The van der Waals surface area contributed by atoms with E-state index >= 15 is 0 Å². The number of hydrogen-bond acceptors (Lipinski definition) is 3. The number of aromatic hydroxyl groups is 1. The minimum atomic E-state index is -0.230. The predicted molar refractivity (Wildman–Crippen MR) is 77.5 cm³/mol. The van der Waals surface area contributed by atoms with Gasteiger partial charge in [0.15, 0.2) is 0 Å². The highest BCUT2D eigenvalue weighted by Crippen LogP contribution is 2.20. The SMILES string of the molecule is Cc1cc(C(=O)Nc2cnc(Br)c(C)c2)ccc1O. The molecule has 0 spiro atoms. The van der Waals surface area contributed by atoms with Crippen LogP contribution in [0.15, 0.2) is 35.1 Å². The van der Waals surface area contributed by atoms with Crippen LogP contribution in [-0.4, -0.2) is 16.0 Å². The normalized spacial score (nSPS) is 10.3. The van der Waals surface area contributed by atoms with E-state index < -0.39 is 0 Å². The number of aryl methyl sites for hydroxylation is 2. The first-order chi connectivity index (χ1) is 8.97. The molecule has 2 rings (SSSR count). The first kappa shape index (κ1) is 13.5. The fourth-order valence-electron chi connectivity index (χ4n) is 1.63. The highest BCUT2D eigenvalue weighted by molar-refractivity contribution is 9.10. The van der Waals surface area contributed by atoms with Crippen molar-refractivity contribution < 1.29 is 9.90 Å². The van der Waals surface area contributed by atoms with Gasteiger partial charge in [-0.2, -0.15) is 0 Å². The van der Waals surface area contributed by atoms with E-state index in [1.807, 2.05) is 13.0 Å². The van der Waals surface area contributed by atoms with Crippen molar-refractivity contribution in [3.8, 4) is 5.75 Å². The Balaban J connectivity index is 2.20. The van der Waals surface area contributed by atoms with E-state index in [2.05, 4.69) is 26.2 Å². The summed E-state index contributed by atoms with van der Waals surface area (Å²) in [4.78, 5) is 16.2. The van der Waals surface area contributed by atoms with Gasteiger partial charge < -0.3 is 10.4 Å². The molecule has 0 saturated carbocycles. The lowest BCUT2D eigenvalue weighted by Crippen LogP contribution is -2.12. The molecule has 98 valence electrons. The molecular formula is C14H13BrN2O2. The number of phenolic OH excluding ortho intramolecular Hbond substituents is 1. The van der Waals surface area contributed by atoms with Crippen LogP contribution < -0.4 is 5.32 Å². The van der Waals surface area contributed by atoms with E-state index in [0.717, 1.165) is 10.2 Å². The van der Waals surface area contributed by atoms with Crippen LogP contribution in [-0.2, 0) is 0 Å². The van der Waals surface area contributed by atoms with Gasteiger partial charge in [-0.1, -0.05) is 0 Å². The summed E-state index contributed by atoms with van der Waals surface area (Å²) < 4.78 is 0.756. The summed E-state index contributed by atoms with van der Waals surface area (Å²) in [6.45, 7) is 3.65. The Morgan fingerprint density at radius 1 is 1.26 bits per heavy atom. The minimum Gasteiger partial charge on any atom is -0.508 e. The number of carbonyl (C=O) groups is 1. The second-order valence-corrected chi connectivity index (χ2v) is 5.04. The molecule has 1 aromatic carbocycles. The highest BCUT2D eigenvalue weighted by atomic mass is 79.9. The zero-order valence-electron chi connectivity index (χ0n) is 10.6. The van der Waals surface area contributed by atoms with Gasteiger partial charge in [0.2, 0.25) is 0 Å². The molecule has 1 aromatic heterocycles. The first-order valence-electron chi connectivity index (χ1n) is 5.70. The Morgan fingerprint density at radius 2 is 2.00 bits per heavy atom. The maximum absolute atomic E-state index is 12.0. The third kappa shape index (κ3) is 3.12. The Labute approximate surface area is 119 Å². The van der Waals surface area contributed by atoms with Crippen LogP contribution in [0, 0.1) is 13.8 Å². The number of benzene rings is 1. The average Bonchev–Trinajstić information content (AvgIpc) is 2.37. The summed E-state index contributed by atoms with van der Waals surface area (Å²) in [6.07, 6.45) is 1.59. The third-order valence-electron chi connectivity index (χ3n) is 2.73. The summed E-state index contributed by atoms with van der Waals surface area (Å²) in [6, 6.07) is 6.57. The van der Waals surface area contributed by atoms with Crippen molar-refractivity contribution in [2.45, 2.75) is 13.8 Å². The van der Waals surface area contributed by atoms with Gasteiger partial charge in [0, 0.05) is 5.56 Å². The number of amides is 1. The standard InChI is InChI=1S/C14H13BrN2O2/c1-8-5-10(3-4-12(8)18)14(19)17-11-6-9(2)13(15)16-7-11/h3-7,18H,1-2H3,(H,17,19). The Bertz CT molecular complexity index is 641. The summed E-state index contributed by atoms with van der Waals surface area (Å²) in [5.74, 6) is -0.0516. The molecule has 0 aliphatic rings. The van der Waals surface area contributed by atoms with Gasteiger partial charge in [-0.25, -0.2) is 4.98 Å². The molecule has 0 saturated heterocycles. The van der Waals surface area contributed by atoms with Gasteiger partial charge in [-0.3, -0.25) is 4.79 Å². The number of rotatable bonds is 2. The monoisotopic (exact) mass is 320 g/mol. The van der Waals surface area contributed by atoms with Crippen molar-refractivity contribution in [3.05, 3.63) is 51.8 Å². The number of anilines is 1. The lowest BCUT2D eigenvalue weighted by molar-refractivity contribution is 0.102. The van der Waals surface area contributed by atoms with Crippen molar-refractivity contribution >= 4 is 27.5 Å². The number of halogens is 1. The van der Waals surface area contributed by atoms with Crippen LogP contribution in [0.2, 0.25) is 0 Å². The van der Waals surface area contributed by atoms with Crippen LogP contribution in [0.4, 0.5) is 5.69 Å². The van der Waals surface area contributed by atoms with E-state index in [4.69, 9.17) is 0 Å². The van der Waals surface area contributed by atoms with Gasteiger partial charge in [0.25, 0.3) is 5.91 Å². The topological polar surface area (TPSA) is 62.2 Å². The maximum atomic E-state index is 12.0. The maximum Gasteiger partial charge on any atom is 0.255 e. The summed E-state index contributed by atoms with van der Waals surface area (Å²) in [5, 5.41) is 12.2. The number of aromatic nitrogens is 1. The number of nitrogens with zero attached hydrogens (tertiary/aromatic N) is 1. The van der Waals surface area contributed by atoms with Gasteiger partial charge in [0.1, 0.15) is 10.4 Å². The van der Waals surface area contributed by atoms with E-state index in [-0.39, 0.29) is 11.7 Å². The molecule has 1 amide bonds. The quantitative estimate of drug-likeness (QED) is 0.833. The molecule has 0 aliphatic carbocycles. The molecule has 0 radical (unpaired) electrons. The lowest BCUT2D eigenvalue weighted by Gasteiger charge is -2.07. The summed E-state index contributed by atoms with van der Waals surface area (Å²) >= 11 is 3.31. The number of pyridine rings is 1. The fraction of sp³-hybridized carbons (Fsp3) is 0.143. The number of phenols is 1. The van der Waals surface area contributed by atoms with Crippen molar-refractivity contribution in [1.82, 2.24) is 4.98 Å². The van der Waals surface area contributed by atoms with Crippen LogP contribution >= 0.6 is 15.9 Å². The molecule has 0 fully saturated rings.